The third kappa shape index (κ3) is 1.99. The lowest BCUT2D eigenvalue weighted by Gasteiger charge is -2.05. The van der Waals surface area contributed by atoms with Crippen LogP contribution in [0.2, 0.25) is 0 Å². The molecular weight excluding hydrogens is 254 g/mol. The first-order chi connectivity index (χ1) is 9.56. The van der Waals surface area contributed by atoms with Crippen molar-refractivity contribution in [1.82, 2.24) is 4.57 Å². The topological polar surface area (TPSA) is 55.4 Å². The Morgan fingerprint density at radius 1 is 1.30 bits per heavy atom. The molecule has 0 saturated carbocycles. The summed E-state index contributed by atoms with van der Waals surface area (Å²) in [6, 6.07) is 9.85. The van der Waals surface area contributed by atoms with Crippen LogP contribution in [-0.4, -0.2) is 15.6 Å². The lowest BCUT2D eigenvalue weighted by atomic mass is 10.1. The molecule has 0 unspecified atom stereocenters. The van der Waals surface area contributed by atoms with Gasteiger partial charge in [-0.25, -0.2) is 4.79 Å². The summed E-state index contributed by atoms with van der Waals surface area (Å²) >= 11 is 0. The second-order valence-corrected chi connectivity index (χ2v) is 4.95. The predicted molar refractivity (Wildman–Crippen MR) is 76.2 cm³/mol. The molecule has 3 rings (SSSR count). The van der Waals surface area contributed by atoms with Gasteiger partial charge in [0.1, 0.15) is 5.76 Å². The highest BCUT2D eigenvalue weighted by molar-refractivity contribution is 5.85. The fourth-order valence-corrected chi connectivity index (χ4v) is 2.48. The van der Waals surface area contributed by atoms with Gasteiger partial charge in [-0.05, 0) is 37.6 Å². The third-order valence-electron chi connectivity index (χ3n) is 3.60. The van der Waals surface area contributed by atoms with Gasteiger partial charge in [0.05, 0.1) is 6.54 Å². The van der Waals surface area contributed by atoms with Gasteiger partial charge in [-0.3, -0.25) is 0 Å². The van der Waals surface area contributed by atoms with E-state index < -0.39 is 5.97 Å². The highest BCUT2D eigenvalue weighted by Gasteiger charge is 2.14. The van der Waals surface area contributed by atoms with Gasteiger partial charge < -0.3 is 14.1 Å². The molecule has 0 spiro atoms. The number of rotatable bonds is 3. The van der Waals surface area contributed by atoms with Crippen LogP contribution in [0.5, 0.6) is 0 Å². The number of furan rings is 1. The molecular formula is C16H15NO3. The van der Waals surface area contributed by atoms with E-state index in [1.54, 1.807) is 13.0 Å². The molecule has 0 atom stereocenters. The van der Waals surface area contributed by atoms with E-state index in [0.29, 0.717) is 12.3 Å². The van der Waals surface area contributed by atoms with E-state index in [4.69, 9.17) is 9.52 Å². The van der Waals surface area contributed by atoms with Gasteiger partial charge in [-0.2, -0.15) is 0 Å². The maximum absolute atomic E-state index is 10.9. The fourth-order valence-electron chi connectivity index (χ4n) is 2.48. The molecule has 1 aromatic carbocycles. The van der Waals surface area contributed by atoms with Crippen LogP contribution in [0, 0.1) is 13.8 Å². The van der Waals surface area contributed by atoms with Crippen molar-refractivity contribution in [3.63, 3.8) is 0 Å². The van der Waals surface area contributed by atoms with E-state index in [-0.39, 0.29) is 5.76 Å². The molecule has 2 aromatic heterocycles. The molecule has 20 heavy (non-hydrogen) atoms. The summed E-state index contributed by atoms with van der Waals surface area (Å²) in [4.78, 5) is 10.9. The molecule has 0 fully saturated rings. The van der Waals surface area contributed by atoms with Crippen molar-refractivity contribution < 1.29 is 14.3 Å². The Bertz CT molecular complexity index is 795. The lowest BCUT2D eigenvalue weighted by Crippen LogP contribution is -1.98. The maximum Gasteiger partial charge on any atom is 0.371 e. The van der Waals surface area contributed by atoms with Crippen LogP contribution >= 0.6 is 0 Å². The number of nitrogens with zero attached hydrogens (tertiary/aromatic N) is 1. The minimum absolute atomic E-state index is 0.00913. The van der Waals surface area contributed by atoms with Gasteiger partial charge in [0.2, 0.25) is 5.76 Å². The third-order valence-corrected chi connectivity index (χ3v) is 3.60. The normalized spacial score (nSPS) is 11.1. The van der Waals surface area contributed by atoms with Crippen molar-refractivity contribution in [1.29, 1.82) is 0 Å². The van der Waals surface area contributed by atoms with Crippen molar-refractivity contribution in [3.05, 3.63) is 59.2 Å². The molecule has 1 N–H and O–H groups in total. The largest absolute Gasteiger partial charge is 0.475 e. The molecule has 0 aliphatic carbocycles. The average molecular weight is 269 g/mol. The van der Waals surface area contributed by atoms with Crippen molar-refractivity contribution in [2.75, 3.05) is 0 Å². The van der Waals surface area contributed by atoms with E-state index in [1.165, 1.54) is 10.9 Å². The highest BCUT2D eigenvalue weighted by Crippen LogP contribution is 2.22. The molecule has 0 bridgehead atoms. The number of aryl methyl sites for hydroxylation is 2. The first-order valence-corrected chi connectivity index (χ1v) is 6.43. The summed E-state index contributed by atoms with van der Waals surface area (Å²) in [5.41, 5.74) is 3.26. The van der Waals surface area contributed by atoms with Crippen LogP contribution < -0.4 is 0 Å². The van der Waals surface area contributed by atoms with E-state index >= 15 is 0 Å². The van der Waals surface area contributed by atoms with Crippen molar-refractivity contribution >= 4 is 16.9 Å². The van der Waals surface area contributed by atoms with E-state index in [1.807, 2.05) is 12.3 Å². The van der Waals surface area contributed by atoms with Crippen LogP contribution in [0.3, 0.4) is 0 Å². The number of fused-ring (bicyclic) bond motifs is 1. The Hall–Kier alpha value is -2.49. The number of aromatic carboxylic acids is 1. The fraction of sp³-hybridized carbons (Fsp3) is 0.188. The van der Waals surface area contributed by atoms with E-state index in [0.717, 1.165) is 11.1 Å². The lowest BCUT2D eigenvalue weighted by molar-refractivity contribution is 0.0661. The van der Waals surface area contributed by atoms with Gasteiger partial charge in [0.15, 0.2) is 0 Å². The molecule has 102 valence electrons. The number of hydrogen-bond acceptors (Lipinski definition) is 2. The Labute approximate surface area is 116 Å². The molecule has 4 heteroatoms. The first-order valence-electron chi connectivity index (χ1n) is 6.43. The van der Waals surface area contributed by atoms with Crippen LogP contribution in [-0.2, 0) is 6.54 Å². The Balaban J connectivity index is 2.01. The minimum Gasteiger partial charge on any atom is -0.475 e. The SMILES string of the molecule is Cc1oc(C(=O)O)cc1Cn1ccc2c(C)cccc21. The number of benzene rings is 1. The minimum atomic E-state index is -1.03. The standard InChI is InChI=1S/C16H15NO3/c1-10-4-3-5-14-13(10)6-7-17(14)9-12-8-15(16(18)19)20-11(12)2/h3-8H,9H2,1-2H3,(H,18,19). The predicted octanol–water partition coefficient (Wildman–Crippen LogP) is 3.60. The number of aromatic nitrogens is 1. The summed E-state index contributed by atoms with van der Waals surface area (Å²) in [5.74, 6) is -0.394. The maximum atomic E-state index is 10.9. The average Bonchev–Trinajstić information content (AvgIpc) is 2.97. The Morgan fingerprint density at radius 2 is 2.10 bits per heavy atom. The monoisotopic (exact) mass is 269 g/mol. The Kier molecular flexibility index (Phi) is 2.86. The van der Waals surface area contributed by atoms with Crippen molar-refractivity contribution in [2.24, 2.45) is 0 Å². The van der Waals surface area contributed by atoms with Gasteiger partial charge >= 0.3 is 5.97 Å². The first kappa shape index (κ1) is 12.5. The molecule has 2 heterocycles. The number of carbonyl (C=O) groups is 1. The van der Waals surface area contributed by atoms with Gasteiger partial charge in [-0.15, -0.1) is 0 Å². The number of carboxylic acid groups (broad SMARTS) is 1. The van der Waals surface area contributed by atoms with Crippen LogP contribution in [0.1, 0.15) is 27.4 Å². The molecule has 0 aliphatic heterocycles. The van der Waals surface area contributed by atoms with Gasteiger partial charge in [0, 0.05) is 22.7 Å². The molecule has 3 aromatic rings. The summed E-state index contributed by atoms with van der Waals surface area (Å²) in [6.07, 6.45) is 2.02. The van der Waals surface area contributed by atoms with Gasteiger partial charge in [-0.1, -0.05) is 12.1 Å². The van der Waals surface area contributed by atoms with Crippen LogP contribution in [0.25, 0.3) is 10.9 Å². The quantitative estimate of drug-likeness (QED) is 0.790. The van der Waals surface area contributed by atoms with E-state index in [2.05, 4.69) is 29.7 Å². The smallest absolute Gasteiger partial charge is 0.371 e. The van der Waals surface area contributed by atoms with Crippen molar-refractivity contribution in [3.8, 4) is 0 Å². The summed E-state index contributed by atoms with van der Waals surface area (Å²) in [6.45, 7) is 4.48. The summed E-state index contributed by atoms with van der Waals surface area (Å²) in [5, 5.41) is 10.2. The van der Waals surface area contributed by atoms with Gasteiger partial charge in [0.25, 0.3) is 0 Å². The van der Waals surface area contributed by atoms with E-state index in [9.17, 15) is 4.79 Å². The highest BCUT2D eigenvalue weighted by atomic mass is 16.4. The zero-order valence-corrected chi connectivity index (χ0v) is 11.4. The zero-order chi connectivity index (χ0) is 14.3. The Morgan fingerprint density at radius 3 is 2.80 bits per heavy atom. The van der Waals surface area contributed by atoms with Crippen molar-refractivity contribution in [2.45, 2.75) is 20.4 Å². The molecule has 0 radical (unpaired) electrons. The van der Waals surface area contributed by atoms with Crippen LogP contribution in [0.15, 0.2) is 40.9 Å². The number of hydrogen-bond donors (Lipinski definition) is 1. The second-order valence-electron chi connectivity index (χ2n) is 4.95. The van der Waals surface area contributed by atoms with Crippen LogP contribution in [0.4, 0.5) is 0 Å². The molecule has 0 aliphatic rings. The summed E-state index contributed by atoms with van der Waals surface area (Å²) in [7, 11) is 0. The molecule has 0 amide bonds. The number of carboxylic acids is 1. The molecule has 4 nitrogen and oxygen atoms in total. The summed E-state index contributed by atoms with van der Waals surface area (Å²) < 4.78 is 7.35. The molecule has 0 saturated heterocycles. The second kappa shape index (κ2) is 4.56. The zero-order valence-electron chi connectivity index (χ0n) is 11.4.